The third-order valence-electron chi connectivity index (χ3n) is 9.58. The number of hydrogen-bond acceptors (Lipinski definition) is 5. The second-order valence-corrected chi connectivity index (χ2v) is 16.1. The van der Waals surface area contributed by atoms with Crippen LogP contribution in [0.4, 0.5) is 17.1 Å². The van der Waals surface area contributed by atoms with Gasteiger partial charge in [0, 0.05) is 70.6 Å². The Bertz CT molecular complexity index is 2610. The first-order valence-electron chi connectivity index (χ1n) is 17.0. The van der Waals surface area contributed by atoms with Crippen molar-refractivity contribution in [1.29, 1.82) is 0 Å². The quantitative estimate of drug-likeness (QED) is 0.165. The van der Waals surface area contributed by atoms with E-state index in [2.05, 4.69) is 160 Å². The minimum Gasteiger partial charge on any atom is -0.509 e. The van der Waals surface area contributed by atoms with Crippen molar-refractivity contribution in [3.63, 3.8) is 0 Å². The summed E-state index contributed by atoms with van der Waals surface area (Å²) in [5.41, 5.74) is 6.35. The standard InChI is InChI=1S/C44H37N4OS.Pt/c1-43(2,3)28-22-23-45-40(24-28)48-36-20-21-39-42(33-14-7-10-17-38(33)50-39)41(36)32-19-18-31(26-37(32)48)49-30-13-11-12-29(25-30)46-27-47(44(4,5)6)35-16-9-8-15-34(35)46;/h7-24,27H,1-6H3;/q-3;. The van der Waals surface area contributed by atoms with Gasteiger partial charge in [0.15, 0.2) is 0 Å². The molecule has 0 saturated carbocycles. The van der Waals surface area contributed by atoms with E-state index in [1.54, 1.807) is 0 Å². The molecule has 7 heteroatoms. The summed E-state index contributed by atoms with van der Waals surface area (Å²) in [5.74, 6) is 2.11. The van der Waals surface area contributed by atoms with Crippen molar-refractivity contribution in [2.45, 2.75) is 52.5 Å². The number of benzene rings is 5. The Morgan fingerprint density at radius 2 is 1.47 bits per heavy atom. The Kier molecular flexibility index (Phi) is 8.05. The molecule has 0 spiro atoms. The van der Waals surface area contributed by atoms with E-state index in [1.165, 1.54) is 36.8 Å². The van der Waals surface area contributed by atoms with Crippen molar-refractivity contribution >= 4 is 70.4 Å². The summed E-state index contributed by atoms with van der Waals surface area (Å²) in [5, 5.41) is 4.87. The van der Waals surface area contributed by atoms with Crippen LogP contribution in [0.15, 0.2) is 109 Å². The monoisotopic (exact) mass is 864 g/mol. The van der Waals surface area contributed by atoms with E-state index in [1.807, 2.05) is 35.7 Å². The molecule has 0 aliphatic carbocycles. The Labute approximate surface area is 317 Å². The topological polar surface area (TPSA) is 33.5 Å². The van der Waals surface area contributed by atoms with Gasteiger partial charge in [-0.15, -0.1) is 52.7 Å². The first kappa shape index (κ1) is 33.5. The van der Waals surface area contributed by atoms with E-state index in [4.69, 9.17) is 9.72 Å². The molecule has 8 aromatic rings. The third-order valence-corrected chi connectivity index (χ3v) is 10.7. The van der Waals surface area contributed by atoms with Gasteiger partial charge in [-0.25, -0.2) is 4.98 Å². The molecule has 0 radical (unpaired) electrons. The molecule has 0 saturated heterocycles. The van der Waals surface area contributed by atoms with Crippen LogP contribution in [0, 0.1) is 18.8 Å². The van der Waals surface area contributed by atoms with Crippen molar-refractivity contribution in [3.05, 3.63) is 134 Å². The number of anilines is 3. The molecule has 5 nitrogen and oxygen atoms in total. The summed E-state index contributed by atoms with van der Waals surface area (Å²) in [4.78, 5) is 9.41. The van der Waals surface area contributed by atoms with Crippen molar-refractivity contribution in [3.8, 4) is 17.3 Å². The molecule has 258 valence electrons. The average Bonchev–Trinajstić information content (AvgIpc) is 3.77. The van der Waals surface area contributed by atoms with E-state index in [0.717, 1.165) is 33.6 Å². The van der Waals surface area contributed by atoms with Crippen LogP contribution >= 0.6 is 11.3 Å². The van der Waals surface area contributed by atoms with Crippen LogP contribution in [-0.2, 0) is 26.5 Å². The summed E-state index contributed by atoms with van der Waals surface area (Å²) < 4.78 is 11.4. The van der Waals surface area contributed by atoms with Crippen LogP contribution in [0.25, 0.3) is 47.8 Å². The number of fused-ring (bicyclic) bond motifs is 8. The van der Waals surface area contributed by atoms with Crippen molar-refractivity contribution < 1.29 is 25.8 Å². The maximum absolute atomic E-state index is 6.58. The van der Waals surface area contributed by atoms with Gasteiger partial charge in [-0.1, -0.05) is 56.6 Å². The molecule has 0 unspecified atom stereocenters. The number of nitrogens with zero attached hydrogens (tertiary/aromatic N) is 4. The average molecular weight is 865 g/mol. The van der Waals surface area contributed by atoms with Crippen molar-refractivity contribution in [1.82, 2.24) is 9.55 Å². The normalized spacial score (nSPS) is 13.4. The van der Waals surface area contributed by atoms with Gasteiger partial charge in [0.05, 0.1) is 0 Å². The van der Waals surface area contributed by atoms with Gasteiger partial charge in [-0.2, -0.15) is 18.8 Å². The van der Waals surface area contributed by atoms with Crippen LogP contribution in [-0.4, -0.2) is 15.1 Å². The van der Waals surface area contributed by atoms with E-state index >= 15 is 0 Å². The molecule has 1 aliphatic heterocycles. The molecular formula is C44H37N4OPtS-3. The fourth-order valence-corrected chi connectivity index (χ4v) is 8.24. The summed E-state index contributed by atoms with van der Waals surface area (Å²) in [6.45, 7) is 15.5. The van der Waals surface area contributed by atoms with Gasteiger partial charge >= 0.3 is 0 Å². The second kappa shape index (κ2) is 12.2. The molecule has 51 heavy (non-hydrogen) atoms. The maximum atomic E-state index is 6.58. The van der Waals surface area contributed by atoms with Crippen LogP contribution in [0.2, 0.25) is 0 Å². The predicted octanol–water partition coefficient (Wildman–Crippen LogP) is 12.1. The molecule has 0 fully saturated rings. The predicted molar refractivity (Wildman–Crippen MR) is 209 cm³/mol. The number of aromatic nitrogens is 2. The minimum atomic E-state index is -0.0794. The molecule has 3 aromatic heterocycles. The van der Waals surface area contributed by atoms with Gasteiger partial charge in [0.2, 0.25) is 0 Å². The maximum Gasteiger partial charge on any atom is 0.135 e. The van der Waals surface area contributed by atoms with Crippen LogP contribution < -0.4 is 14.5 Å². The molecule has 0 atom stereocenters. The van der Waals surface area contributed by atoms with E-state index in [-0.39, 0.29) is 32.0 Å². The first-order chi connectivity index (χ1) is 24.0. The first-order valence-corrected chi connectivity index (χ1v) is 17.9. The molecule has 0 amide bonds. The number of thiophene rings is 1. The number of pyridine rings is 1. The molecule has 5 aromatic carbocycles. The number of rotatable bonds is 4. The Morgan fingerprint density at radius 3 is 2.27 bits per heavy atom. The van der Waals surface area contributed by atoms with Crippen LogP contribution in [0.3, 0.4) is 0 Å². The summed E-state index contributed by atoms with van der Waals surface area (Å²) >= 11 is 1.84. The molecule has 9 rings (SSSR count). The SMILES string of the molecule is CC(C)(C)c1ccnc(-n2c3[c-]c(Oc4[c-]c(N5[CH-]N(C(C)(C)C)c6ccccc65)ccc4)ccc3c3c4c(ccc32)sc2ccccc24)c1.[Pt]. The third kappa shape index (κ3) is 5.60. The van der Waals surface area contributed by atoms with Crippen LogP contribution in [0.1, 0.15) is 47.1 Å². The van der Waals surface area contributed by atoms with Gasteiger partial charge < -0.3 is 19.1 Å². The molecule has 1 aliphatic rings. The fourth-order valence-electron chi connectivity index (χ4n) is 7.12. The number of ether oxygens (including phenoxy) is 1. The summed E-state index contributed by atoms with van der Waals surface area (Å²) in [6, 6.07) is 43.4. The second-order valence-electron chi connectivity index (χ2n) is 15.0. The molecule has 0 bridgehead atoms. The van der Waals surface area contributed by atoms with E-state index in [0.29, 0.717) is 11.5 Å². The molecule has 0 N–H and O–H groups in total. The molecule has 4 heterocycles. The zero-order valence-electron chi connectivity index (χ0n) is 29.4. The van der Waals surface area contributed by atoms with Gasteiger partial charge in [-0.3, -0.25) is 0 Å². The summed E-state index contributed by atoms with van der Waals surface area (Å²) in [6.07, 6.45) is 1.92. The number of hydrogen-bond donors (Lipinski definition) is 0. The van der Waals surface area contributed by atoms with Crippen LogP contribution in [0.5, 0.6) is 11.5 Å². The Balaban J connectivity index is 0.00000374. The zero-order chi connectivity index (χ0) is 34.4. The fraction of sp³-hybridized carbons (Fsp3) is 0.182. The van der Waals surface area contributed by atoms with Crippen molar-refractivity contribution in [2.24, 2.45) is 0 Å². The minimum absolute atomic E-state index is 0. The van der Waals surface area contributed by atoms with Gasteiger partial charge in [0.1, 0.15) is 5.82 Å². The van der Waals surface area contributed by atoms with Gasteiger partial charge in [-0.05, 0) is 90.4 Å². The number of para-hydroxylation sites is 2. The largest absolute Gasteiger partial charge is 0.509 e. The molecular weight excluding hydrogens is 828 g/mol. The summed E-state index contributed by atoms with van der Waals surface area (Å²) in [7, 11) is 0. The van der Waals surface area contributed by atoms with Crippen molar-refractivity contribution in [2.75, 3.05) is 9.80 Å². The van der Waals surface area contributed by atoms with E-state index in [9.17, 15) is 0 Å². The Morgan fingerprint density at radius 1 is 0.706 bits per heavy atom. The Hall–Kier alpha value is -4.64. The van der Waals surface area contributed by atoms with Gasteiger partial charge in [0.25, 0.3) is 0 Å². The zero-order valence-corrected chi connectivity index (χ0v) is 32.5. The smallest absolute Gasteiger partial charge is 0.135 e. The van der Waals surface area contributed by atoms with E-state index < -0.39 is 0 Å².